The van der Waals surface area contributed by atoms with Crippen LogP contribution in [0.5, 0.6) is 5.88 Å². The van der Waals surface area contributed by atoms with Crippen molar-refractivity contribution in [1.82, 2.24) is 4.98 Å². The Hall–Kier alpha value is -4.54. The predicted octanol–water partition coefficient (Wildman–Crippen LogP) is 3.27. The van der Waals surface area contributed by atoms with Crippen LogP contribution >= 0.6 is 0 Å². The van der Waals surface area contributed by atoms with Gasteiger partial charge < -0.3 is 10.2 Å². The Bertz CT molecular complexity index is 1670. The normalized spacial score (nSPS) is 12.0. The van der Waals surface area contributed by atoms with E-state index in [9.17, 15) is 23.1 Å². The van der Waals surface area contributed by atoms with E-state index in [0.29, 0.717) is 16.3 Å². The Balaban J connectivity index is 1.66. The van der Waals surface area contributed by atoms with Gasteiger partial charge in [0.15, 0.2) is 0 Å². The molecule has 0 saturated heterocycles. The first kappa shape index (κ1) is 24.6. The second-order valence-corrected chi connectivity index (χ2v) is 9.49. The lowest BCUT2D eigenvalue weighted by Gasteiger charge is -2.08. The summed E-state index contributed by atoms with van der Waals surface area (Å²) >= 11 is 0. The van der Waals surface area contributed by atoms with Gasteiger partial charge in [-0.15, -0.1) is 0 Å². The van der Waals surface area contributed by atoms with Gasteiger partial charge in [0.25, 0.3) is 5.56 Å². The molecule has 0 aliphatic heterocycles. The number of nitrogens with two attached hydrogens (primary N) is 1. The number of carboxylic acid groups (broad SMARTS) is 1. The SMILES string of the molecule is NS(=O)(=O)c1ccc(CN=Cc2c(O)[nH]c(=O)c3ccc(-c4ccc(/C=C/C(=O)O)cc4)cc23)cc1. The molecule has 9 nitrogen and oxygen atoms in total. The van der Waals surface area contributed by atoms with Crippen molar-refractivity contribution in [3.8, 4) is 17.0 Å². The second kappa shape index (κ2) is 9.98. The quantitative estimate of drug-likeness (QED) is 0.223. The number of sulfonamides is 1. The van der Waals surface area contributed by atoms with E-state index in [2.05, 4.69) is 9.98 Å². The van der Waals surface area contributed by atoms with Gasteiger partial charge in [0.1, 0.15) is 0 Å². The zero-order valence-corrected chi connectivity index (χ0v) is 19.6. The molecule has 0 spiro atoms. The number of pyridine rings is 1. The van der Waals surface area contributed by atoms with Crippen LogP contribution in [-0.4, -0.2) is 35.8 Å². The van der Waals surface area contributed by atoms with Crippen LogP contribution in [-0.2, 0) is 21.4 Å². The third kappa shape index (κ3) is 5.57. The summed E-state index contributed by atoms with van der Waals surface area (Å²) in [5.74, 6) is -1.36. The summed E-state index contributed by atoms with van der Waals surface area (Å²) in [5, 5.41) is 25.2. The standard InChI is InChI=1S/C26H21N3O6S/c27-36(34,35)20-9-3-17(4-10-20)14-28-15-23-22-13-19(8-11-21(22)25(32)29-26(23)33)18-6-1-16(2-7-18)5-12-24(30)31/h1-13,15H,14H2,(H,30,31)(H2,27,34,35)(H2,29,32,33)/b12-5+,28-15?. The average molecular weight is 504 g/mol. The summed E-state index contributed by atoms with van der Waals surface area (Å²) in [4.78, 5) is 29.9. The van der Waals surface area contributed by atoms with Gasteiger partial charge in [0.2, 0.25) is 15.9 Å². The number of carboxylic acids is 1. The predicted molar refractivity (Wildman–Crippen MR) is 137 cm³/mol. The number of aliphatic carboxylic acids is 1. The van der Waals surface area contributed by atoms with Gasteiger partial charge >= 0.3 is 5.97 Å². The molecule has 10 heteroatoms. The van der Waals surface area contributed by atoms with Gasteiger partial charge in [-0.1, -0.05) is 42.5 Å². The number of fused-ring (bicyclic) bond motifs is 1. The number of aromatic amines is 1. The maximum absolute atomic E-state index is 12.4. The molecule has 3 aromatic carbocycles. The number of aromatic nitrogens is 1. The monoisotopic (exact) mass is 503 g/mol. The van der Waals surface area contributed by atoms with Gasteiger partial charge in [-0.2, -0.15) is 0 Å². The molecule has 4 rings (SSSR count). The van der Waals surface area contributed by atoms with Crippen molar-refractivity contribution in [3.63, 3.8) is 0 Å². The maximum atomic E-state index is 12.4. The first-order chi connectivity index (χ1) is 17.1. The van der Waals surface area contributed by atoms with Crippen molar-refractivity contribution < 1.29 is 23.4 Å². The fourth-order valence-electron chi connectivity index (χ4n) is 3.63. The van der Waals surface area contributed by atoms with E-state index in [1.165, 1.54) is 24.4 Å². The van der Waals surface area contributed by atoms with E-state index in [0.717, 1.165) is 28.3 Å². The summed E-state index contributed by atoms with van der Waals surface area (Å²) in [6.07, 6.45) is 3.99. The Kier molecular flexibility index (Phi) is 6.82. The number of primary sulfonamides is 1. The van der Waals surface area contributed by atoms with E-state index in [1.807, 2.05) is 12.1 Å². The van der Waals surface area contributed by atoms with Gasteiger partial charge in [0.05, 0.1) is 17.0 Å². The van der Waals surface area contributed by atoms with E-state index in [1.54, 1.807) is 42.5 Å². The number of aromatic hydroxyl groups is 1. The fraction of sp³-hybridized carbons (Fsp3) is 0.0385. The van der Waals surface area contributed by atoms with Crippen LogP contribution in [0.1, 0.15) is 16.7 Å². The summed E-state index contributed by atoms with van der Waals surface area (Å²) in [7, 11) is -3.79. The molecule has 36 heavy (non-hydrogen) atoms. The van der Waals surface area contributed by atoms with Crippen molar-refractivity contribution in [2.24, 2.45) is 10.1 Å². The van der Waals surface area contributed by atoms with Crippen LogP contribution in [0.3, 0.4) is 0 Å². The molecule has 1 heterocycles. The number of carbonyl (C=O) groups is 1. The molecule has 4 aromatic rings. The van der Waals surface area contributed by atoms with Crippen LogP contribution in [0.15, 0.2) is 87.5 Å². The molecular formula is C26H21N3O6S. The van der Waals surface area contributed by atoms with Crippen LogP contribution in [0.2, 0.25) is 0 Å². The topological polar surface area (TPSA) is 163 Å². The molecule has 0 atom stereocenters. The lowest BCUT2D eigenvalue weighted by Crippen LogP contribution is -2.11. The minimum Gasteiger partial charge on any atom is -0.494 e. The van der Waals surface area contributed by atoms with E-state index in [4.69, 9.17) is 10.2 Å². The fourth-order valence-corrected chi connectivity index (χ4v) is 4.14. The molecule has 0 aliphatic carbocycles. The highest BCUT2D eigenvalue weighted by Gasteiger charge is 2.11. The molecule has 5 N–H and O–H groups in total. The Morgan fingerprint density at radius 2 is 1.64 bits per heavy atom. The van der Waals surface area contributed by atoms with Crippen molar-refractivity contribution in [3.05, 3.63) is 99.9 Å². The Labute approximate surface area is 205 Å². The van der Waals surface area contributed by atoms with Crippen molar-refractivity contribution in [2.75, 3.05) is 0 Å². The third-order valence-electron chi connectivity index (χ3n) is 5.45. The highest BCUT2D eigenvalue weighted by atomic mass is 32.2. The second-order valence-electron chi connectivity index (χ2n) is 7.93. The number of aliphatic imine (C=N–C) groups is 1. The summed E-state index contributed by atoms with van der Waals surface area (Å²) in [6.45, 7) is 0.204. The summed E-state index contributed by atoms with van der Waals surface area (Å²) < 4.78 is 22.8. The molecule has 0 saturated carbocycles. The smallest absolute Gasteiger partial charge is 0.328 e. The number of benzene rings is 3. The molecule has 1 aromatic heterocycles. The molecule has 182 valence electrons. The molecule has 0 amide bonds. The van der Waals surface area contributed by atoms with Crippen molar-refractivity contribution in [2.45, 2.75) is 11.4 Å². The first-order valence-corrected chi connectivity index (χ1v) is 12.2. The number of hydrogen-bond acceptors (Lipinski definition) is 6. The number of nitrogens with one attached hydrogen (secondary N) is 1. The number of rotatable bonds is 7. The number of nitrogens with zero attached hydrogens (tertiary/aromatic N) is 1. The minimum absolute atomic E-state index is 0.00188. The molecule has 0 bridgehead atoms. The lowest BCUT2D eigenvalue weighted by molar-refractivity contribution is -0.131. The minimum atomic E-state index is -3.79. The molecule has 0 fully saturated rings. The first-order valence-electron chi connectivity index (χ1n) is 10.6. The third-order valence-corrected chi connectivity index (χ3v) is 6.38. The van der Waals surface area contributed by atoms with Crippen molar-refractivity contribution in [1.29, 1.82) is 0 Å². The summed E-state index contributed by atoms with van der Waals surface area (Å²) in [5.41, 5.74) is 2.95. The molecule has 0 aliphatic rings. The largest absolute Gasteiger partial charge is 0.494 e. The van der Waals surface area contributed by atoms with Crippen LogP contribution < -0.4 is 10.7 Å². The van der Waals surface area contributed by atoms with Gasteiger partial charge in [-0.25, -0.2) is 18.4 Å². The van der Waals surface area contributed by atoms with Crippen molar-refractivity contribution >= 4 is 39.1 Å². The van der Waals surface area contributed by atoms with Gasteiger partial charge in [0, 0.05) is 23.1 Å². The van der Waals surface area contributed by atoms with Crippen LogP contribution in [0.25, 0.3) is 28.0 Å². The maximum Gasteiger partial charge on any atom is 0.328 e. The number of H-pyrrole nitrogens is 1. The van der Waals surface area contributed by atoms with E-state index < -0.39 is 21.6 Å². The van der Waals surface area contributed by atoms with Gasteiger partial charge in [-0.3, -0.25) is 14.8 Å². The van der Waals surface area contributed by atoms with Crippen LogP contribution in [0.4, 0.5) is 0 Å². The zero-order valence-electron chi connectivity index (χ0n) is 18.8. The molecule has 0 unspecified atom stereocenters. The summed E-state index contributed by atoms with van der Waals surface area (Å²) in [6, 6.07) is 18.4. The Morgan fingerprint density at radius 1 is 0.972 bits per heavy atom. The zero-order chi connectivity index (χ0) is 25.9. The molecular weight excluding hydrogens is 482 g/mol. The van der Waals surface area contributed by atoms with Gasteiger partial charge in [-0.05, 0) is 52.6 Å². The van der Waals surface area contributed by atoms with Crippen LogP contribution in [0, 0.1) is 0 Å². The Morgan fingerprint density at radius 3 is 2.28 bits per heavy atom. The van der Waals surface area contributed by atoms with E-state index in [-0.39, 0.29) is 17.3 Å². The molecule has 0 radical (unpaired) electrons. The highest BCUT2D eigenvalue weighted by molar-refractivity contribution is 7.89. The number of hydrogen-bond donors (Lipinski definition) is 4. The van der Waals surface area contributed by atoms with E-state index >= 15 is 0 Å². The highest BCUT2D eigenvalue weighted by Crippen LogP contribution is 2.28. The average Bonchev–Trinajstić information content (AvgIpc) is 2.84. The lowest BCUT2D eigenvalue weighted by atomic mass is 9.99.